The Bertz CT molecular complexity index is 1280. The first-order valence-corrected chi connectivity index (χ1v) is 12.1. The van der Waals surface area contributed by atoms with Crippen molar-refractivity contribution in [3.8, 4) is 5.75 Å². The Morgan fingerprint density at radius 1 is 1.28 bits per heavy atom. The molecule has 1 aliphatic rings. The number of carboxylic acid groups (broad SMARTS) is 1. The molecule has 194 valence electrons. The lowest BCUT2D eigenvalue weighted by Crippen LogP contribution is -2.36. The SMILES string of the molecule is CC(N[P@@](=O)(OC[C@H]1O[C@@H](n2cnc3c(NO)nc(N)nc32)[C@H](O)[C@@H]1O)Oc1ccccc1)C(=O)O. The number of hydrogen-bond donors (Lipinski definition) is 7. The summed E-state index contributed by atoms with van der Waals surface area (Å²) < 4.78 is 31.2. The third-order valence-corrected chi connectivity index (χ3v) is 6.90. The number of rotatable bonds is 10. The van der Waals surface area contributed by atoms with E-state index in [0.717, 1.165) is 0 Å². The number of ether oxygens (including phenoxy) is 1. The molecule has 2 aromatic heterocycles. The van der Waals surface area contributed by atoms with Crippen molar-refractivity contribution in [2.75, 3.05) is 17.8 Å². The van der Waals surface area contributed by atoms with Crippen molar-refractivity contribution in [2.24, 2.45) is 0 Å². The monoisotopic (exact) mass is 525 g/mol. The standard InChI is InChI=1S/C19H24N7O9P/c1-9(18(29)30)25-36(32,35-10-5-3-2-4-6-10)33-7-11-13(27)14(28)17(34-11)26-8-21-12-15(24-31)22-19(20)23-16(12)26/h2-6,8-9,11,13-14,17,27-28,31H,7H2,1H3,(H,25,32)(H,29,30)(H3,20,22,23,24)/t9?,11-,13-,14-,17-,36-/m1/s1. The van der Waals surface area contributed by atoms with Gasteiger partial charge in [-0.15, -0.1) is 0 Å². The molecule has 1 saturated heterocycles. The average molecular weight is 525 g/mol. The van der Waals surface area contributed by atoms with Gasteiger partial charge in [0.25, 0.3) is 0 Å². The fourth-order valence-electron chi connectivity index (χ4n) is 3.47. The summed E-state index contributed by atoms with van der Waals surface area (Å²) in [6, 6.07) is 6.63. The number of nitrogens with two attached hydrogens (primary N) is 1. The normalized spacial score (nSPS) is 24.3. The van der Waals surface area contributed by atoms with Crippen molar-refractivity contribution >= 4 is 36.6 Å². The first kappa shape index (κ1) is 25.7. The van der Waals surface area contributed by atoms with Crippen LogP contribution < -0.4 is 20.8 Å². The molecule has 17 heteroatoms. The van der Waals surface area contributed by atoms with Gasteiger partial charge in [0.1, 0.15) is 30.1 Å². The molecule has 4 rings (SSSR count). The molecule has 1 unspecified atom stereocenters. The zero-order valence-electron chi connectivity index (χ0n) is 18.7. The number of benzene rings is 1. The van der Waals surface area contributed by atoms with Gasteiger partial charge in [0.05, 0.1) is 12.9 Å². The number of hydrogen-bond acceptors (Lipinski definition) is 13. The Kier molecular flexibility index (Phi) is 7.37. The number of aliphatic hydroxyl groups is 2. The summed E-state index contributed by atoms with van der Waals surface area (Å²) in [4.78, 5) is 23.2. The summed E-state index contributed by atoms with van der Waals surface area (Å²) in [6.45, 7) is 0.700. The fourth-order valence-corrected chi connectivity index (χ4v) is 4.98. The summed E-state index contributed by atoms with van der Waals surface area (Å²) >= 11 is 0. The molecule has 0 bridgehead atoms. The molecule has 6 atom stereocenters. The van der Waals surface area contributed by atoms with E-state index in [-0.39, 0.29) is 28.7 Å². The van der Waals surface area contributed by atoms with Gasteiger partial charge in [-0.2, -0.15) is 15.1 Å². The van der Waals surface area contributed by atoms with Crippen LogP contribution in [-0.2, 0) is 18.6 Å². The maximum atomic E-state index is 13.3. The van der Waals surface area contributed by atoms with Crippen molar-refractivity contribution in [3.63, 3.8) is 0 Å². The van der Waals surface area contributed by atoms with Crippen LogP contribution in [0.1, 0.15) is 13.2 Å². The first-order chi connectivity index (χ1) is 17.1. The fraction of sp³-hybridized carbons (Fsp3) is 0.368. The summed E-state index contributed by atoms with van der Waals surface area (Å²) in [5.41, 5.74) is 7.71. The van der Waals surface area contributed by atoms with Gasteiger partial charge in [-0.3, -0.25) is 24.6 Å². The second-order valence-corrected chi connectivity index (χ2v) is 9.49. The molecule has 1 aliphatic heterocycles. The number of anilines is 2. The largest absolute Gasteiger partial charge is 0.480 e. The summed E-state index contributed by atoms with van der Waals surface area (Å²) in [6.07, 6.45) is -4.21. The number of nitrogen functional groups attached to an aromatic ring is 1. The first-order valence-electron chi connectivity index (χ1n) is 10.5. The number of aromatic nitrogens is 4. The maximum Gasteiger partial charge on any atom is 0.459 e. The smallest absolute Gasteiger partial charge is 0.459 e. The highest BCUT2D eigenvalue weighted by atomic mass is 31.2. The lowest BCUT2D eigenvalue weighted by atomic mass is 10.1. The number of imidazole rings is 1. The second kappa shape index (κ2) is 10.3. The topological polar surface area (TPSA) is 236 Å². The third-order valence-electron chi connectivity index (χ3n) is 5.26. The van der Waals surface area contributed by atoms with E-state index in [2.05, 4.69) is 20.0 Å². The molecule has 0 spiro atoms. The van der Waals surface area contributed by atoms with Crippen LogP contribution in [0.3, 0.4) is 0 Å². The molecule has 3 heterocycles. The van der Waals surface area contributed by atoms with Gasteiger partial charge in [0, 0.05) is 0 Å². The zero-order valence-corrected chi connectivity index (χ0v) is 19.6. The molecule has 0 radical (unpaired) electrons. The predicted molar refractivity (Wildman–Crippen MR) is 122 cm³/mol. The number of nitrogens with one attached hydrogen (secondary N) is 2. The minimum Gasteiger partial charge on any atom is -0.480 e. The number of carboxylic acids is 1. The Morgan fingerprint density at radius 2 is 2.00 bits per heavy atom. The molecular weight excluding hydrogens is 501 g/mol. The van der Waals surface area contributed by atoms with Crippen LogP contribution >= 0.6 is 7.75 Å². The lowest BCUT2D eigenvalue weighted by molar-refractivity contribution is -0.138. The molecule has 3 aromatic rings. The number of aliphatic carboxylic acids is 1. The Balaban J connectivity index is 1.53. The average Bonchev–Trinajstić information content (AvgIpc) is 3.38. The second-order valence-electron chi connectivity index (χ2n) is 7.80. The molecule has 0 aliphatic carbocycles. The number of fused-ring (bicyclic) bond motifs is 1. The van der Waals surface area contributed by atoms with Gasteiger partial charge in [0.2, 0.25) is 5.95 Å². The Hall–Kier alpha value is -3.37. The minimum atomic E-state index is -4.28. The zero-order chi connectivity index (χ0) is 26.0. The highest BCUT2D eigenvalue weighted by Crippen LogP contribution is 2.46. The van der Waals surface area contributed by atoms with Gasteiger partial charge in [-0.25, -0.2) is 9.55 Å². The molecule has 1 aromatic carbocycles. The van der Waals surface area contributed by atoms with Crippen LogP contribution in [0.4, 0.5) is 11.8 Å². The van der Waals surface area contributed by atoms with E-state index in [1.54, 1.807) is 18.2 Å². The molecule has 0 amide bonds. The Morgan fingerprint density at radius 3 is 2.67 bits per heavy atom. The molecule has 16 nitrogen and oxygen atoms in total. The maximum absolute atomic E-state index is 13.3. The molecule has 8 N–H and O–H groups in total. The van der Waals surface area contributed by atoms with Crippen molar-refractivity contribution in [1.82, 2.24) is 24.6 Å². The van der Waals surface area contributed by atoms with Crippen LogP contribution in [0.2, 0.25) is 0 Å². The van der Waals surface area contributed by atoms with E-state index < -0.39 is 50.9 Å². The molecule has 36 heavy (non-hydrogen) atoms. The van der Waals surface area contributed by atoms with Gasteiger partial charge in [-0.1, -0.05) is 18.2 Å². The van der Waals surface area contributed by atoms with Crippen molar-refractivity contribution < 1.29 is 43.7 Å². The summed E-state index contributed by atoms with van der Waals surface area (Å²) in [7, 11) is -4.28. The van der Waals surface area contributed by atoms with Crippen molar-refractivity contribution in [2.45, 2.75) is 37.5 Å². The van der Waals surface area contributed by atoms with Crippen molar-refractivity contribution in [3.05, 3.63) is 36.7 Å². The highest BCUT2D eigenvalue weighted by Gasteiger charge is 2.46. The third kappa shape index (κ3) is 5.24. The van der Waals surface area contributed by atoms with Crippen LogP contribution in [0, 0.1) is 0 Å². The Labute approximate surface area is 203 Å². The van der Waals surface area contributed by atoms with E-state index in [1.807, 2.05) is 5.48 Å². The van der Waals surface area contributed by atoms with Crippen molar-refractivity contribution in [1.29, 1.82) is 0 Å². The van der Waals surface area contributed by atoms with E-state index in [9.17, 15) is 29.9 Å². The van der Waals surface area contributed by atoms with E-state index in [0.29, 0.717) is 0 Å². The van der Waals surface area contributed by atoms with Gasteiger partial charge >= 0.3 is 13.7 Å². The van der Waals surface area contributed by atoms with Crippen LogP contribution in [0.15, 0.2) is 36.7 Å². The van der Waals surface area contributed by atoms with Crippen LogP contribution in [-0.4, -0.2) is 77.0 Å². The molecule has 1 fully saturated rings. The van der Waals surface area contributed by atoms with E-state index in [1.165, 1.54) is 30.0 Å². The molecular formula is C19H24N7O9P. The number of aliphatic hydroxyl groups excluding tert-OH is 2. The molecule has 0 saturated carbocycles. The highest BCUT2D eigenvalue weighted by molar-refractivity contribution is 7.52. The quantitative estimate of drug-likeness (QED) is 0.137. The van der Waals surface area contributed by atoms with E-state index >= 15 is 0 Å². The number of nitrogens with zero attached hydrogens (tertiary/aromatic N) is 4. The summed E-state index contributed by atoms with van der Waals surface area (Å²) in [5, 5.41) is 42.0. The number of para-hydroxylation sites is 1. The van der Waals surface area contributed by atoms with Crippen LogP contribution in [0.5, 0.6) is 5.75 Å². The van der Waals surface area contributed by atoms with Gasteiger partial charge in [-0.05, 0) is 19.1 Å². The van der Waals surface area contributed by atoms with Crippen LogP contribution in [0.25, 0.3) is 11.2 Å². The van der Waals surface area contributed by atoms with Gasteiger partial charge < -0.3 is 30.3 Å². The summed E-state index contributed by atoms with van der Waals surface area (Å²) in [5.74, 6) is -1.44. The predicted octanol–water partition coefficient (Wildman–Crippen LogP) is 0.0952. The minimum absolute atomic E-state index is 0.0817. The van der Waals surface area contributed by atoms with Gasteiger partial charge in [0.15, 0.2) is 23.2 Å². The lowest BCUT2D eigenvalue weighted by Gasteiger charge is -2.24. The number of carbonyl (C=O) groups is 1. The van der Waals surface area contributed by atoms with E-state index in [4.69, 9.17) is 19.5 Å².